The maximum absolute atomic E-state index is 13.8. The molecule has 0 bridgehead atoms. The van der Waals surface area contributed by atoms with Crippen molar-refractivity contribution in [2.24, 2.45) is 0 Å². The number of rotatable bonds is 2. The van der Waals surface area contributed by atoms with E-state index in [1.165, 1.54) is 25.8 Å². The third kappa shape index (κ3) is 2.73. The first kappa shape index (κ1) is 14.3. The van der Waals surface area contributed by atoms with Gasteiger partial charge in [-0.15, -0.1) is 0 Å². The average molecular weight is 341 g/mol. The minimum absolute atomic E-state index is 0.163. The van der Waals surface area contributed by atoms with E-state index in [1.807, 2.05) is 12.1 Å². The van der Waals surface area contributed by atoms with Crippen LogP contribution in [-0.2, 0) is 0 Å². The Morgan fingerprint density at radius 3 is 2.90 bits per heavy atom. The number of nitrogens with zero attached hydrogens (tertiary/aromatic N) is 2. The van der Waals surface area contributed by atoms with Crippen LogP contribution in [0.25, 0.3) is 0 Å². The van der Waals surface area contributed by atoms with Crippen LogP contribution in [-0.4, -0.2) is 36.6 Å². The van der Waals surface area contributed by atoms with Gasteiger partial charge in [-0.25, -0.2) is 4.39 Å². The summed E-state index contributed by atoms with van der Waals surface area (Å²) in [4.78, 5) is 5.06. The molecular formula is C16H22BrFN2. The molecule has 0 N–H and O–H groups in total. The Morgan fingerprint density at radius 2 is 2.15 bits per heavy atom. The Bertz CT molecular complexity index is 480. The zero-order chi connectivity index (χ0) is 14.1. The molecule has 2 heterocycles. The summed E-state index contributed by atoms with van der Waals surface area (Å²) in [5, 5.41) is 0. The molecule has 0 spiro atoms. The highest BCUT2D eigenvalue weighted by Gasteiger charge is 2.34. The molecule has 0 saturated carbocycles. The van der Waals surface area contributed by atoms with Crippen LogP contribution in [0.3, 0.4) is 0 Å². The summed E-state index contributed by atoms with van der Waals surface area (Å²) in [6.07, 6.45) is 5.06. The number of hydrogen-bond acceptors (Lipinski definition) is 2. The van der Waals surface area contributed by atoms with E-state index >= 15 is 0 Å². The second kappa shape index (κ2) is 6.02. The Balaban J connectivity index is 1.84. The van der Waals surface area contributed by atoms with Crippen LogP contribution < -0.4 is 4.90 Å². The summed E-state index contributed by atoms with van der Waals surface area (Å²) in [6.45, 7) is 5.64. The van der Waals surface area contributed by atoms with Gasteiger partial charge in [0.05, 0.1) is 4.47 Å². The van der Waals surface area contributed by atoms with Crippen molar-refractivity contribution in [2.75, 3.05) is 24.5 Å². The van der Waals surface area contributed by atoms with Crippen molar-refractivity contribution in [3.63, 3.8) is 0 Å². The topological polar surface area (TPSA) is 6.48 Å². The van der Waals surface area contributed by atoms with Gasteiger partial charge in [0.15, 0.2) is 0 Å². The predicted molar refractivity (Wildman–Crippen MR) is 84.7 cm³/mol. The molecule has 2 aliphatic rings. The highest BCUT2D eigenvalue weighted by atomic mass is 79.9. The molecule has 2 fully saturated rings. The fourth-order valence-corrected chi connectivity index (χ4v) is 3.83. The number of piperidine rings is 1. The van der Waals surface area contributed by atoms with Crippen LogP contribution >= 0.6 is 15.9 Å². The third-order valence-corrected chi connectivity index (χ3v) is 5.39. The molecule has 0 aliphatic carbocycles. The van der Waals surface area contributed by atoms with Gasteiger partial charge >= 0.3 is 0 Å². The second-order valence-corrected chi connectivity index (χ2v) is 6.81. The summed E-state index contributed by atoms with van der Waals surface area (Å²) < 4.78 is 14.4. The third-order valence-electron chi connectivity index (χ3n) is 4.75. The van der Waals surface area contributed by atoms with Gasteiger partial charge < -0.3 is 4.90 Å². The summed E-state index contributed by atoms with van der Waals surface area (Å²) in [6, 6.07) is 6.69. The van der Waals surface area contributed by atoms with Crippen molar-refractivity contribution in [3.05, 3.63) is 28.5 Å². The van der Waals surface area contributed by atoms with Crippen molar-refractivity contribution >= 4 is 21.6 Å². The standard InChI is InChI=1S/C16H22BrFN2/c1-2-12-10-19-8-4-3-5-14(19)11-20(12)13-6-7-15(17)16(18)9-13/h6-7,9,12,14H,2-5,8,10-11H2,1H3. The molecule has 2 nitrogen and oxygen atoms in total. The Hall–Kier alpha value is -0.610. The molecule has 0 radical (unpaired) electrons. The fraction of sp³-hybridized carbons (Fsp3) is 0.625. The van der Waals surface area contributed by atoms with Crippen molar-refractivity contribution < 1.29 is 4.39 Å². The molecule has 0 aromatic heterocycles. The van der Waals surface area contributed by atoms with E-state index in [-0.39, 0.29) is 5.82 Å². The van der Waals surface area contributed by atoms with Crippen molar-refractivity contribution in [3.8, 4) is 0 Å². The van der Waals surface area contributed by atoms with Gasteiger partial charge in [0.25, 0.3) is 0 Å². The monoisotopic (exact) mass is 340 g/mol. The van der Waals surface area contributed by atoms with E-state index in [0.29, 0.717) is 16.6 Å². The predicted octanol–water partition coefficient (Wildman–Crippen LogP) is 4.04. The summed E-state index contributed by atoms with van der Waals surface area (Å²) in [7, 11) is 0. The lowest BCUT2D eigenvalue weighted by molar-refractivity contribution is 0.111. The number of piperazine rings is 1. The molecule has 0 amide bonds. The van der Waals surface area contributed by atoms with Crippen molar-refractivity contribution in [1.82, 2.24) is 4.90 Å². The minimum Gasteiger partial charge on any atom is -0.366 e. The van der Waals surface area contributed by atoms with Crippen LogP contribution in [0, 0.1) is 5.82 Å². The molecule has 4 heteroatoms. The van der Waals surface area contributed by atoms with Gasteiger partial charge in [0.2, 0.25) is 0 Å². The highest BCUT2D eigenvalue weighted by molar-refractivity contribution is 9.10. The number of fused-ring (bicyclic) bond motifs is 1. The van der Waals surface area contributed by atoms with Gasteiger partial charge in [-0.1, -0.05) is 13.3 Å². The first-order valence-electron chi connectivity index (χ1n) is 7.64. The Labute approximate surface area is 129 Å². The van der Waals surface area contributed by atoms with Crippen LogP contribution in [0.4, 0.5) is 10.1 Å². The van der Waals surface area contributed by atoms with E-state index in [9.17, 15) is 4.39 Å². The highest BCUT2D eigenvalue weighted by Crippen LogP contribution is 2.31. The molecule has 1 aromatic carbocycles. The molecule has 2 unspecified atom stereocenters. The van der Waals surface area contributed by atoms with E-state index in [4.69, 9.17) is 0 Å². The van der Waals surface area contributed by atoms with Crippen molar-refractivity contribution in [2.45, 2.75) is 44.7 Å². The molecule has 110 valence electrons. The lowest BCUT2D eigenvalue weighted by Crippen LogP contribution is -2.59. The first-order valence-corrected chi connectivity index (χ1v) is 8.44. The van der Waals surface area contributed by atoms with Gasteiger partial charge in [0.1, 0.15) is 5.82 Å². The zero-order valence-corrected chi connectivity index (χ0v) is 13.6. The average Bonchev–Trinajstić information content (AvgIpc) is 2.48. The normalized spacial score (nSPS) is 27.4. The van der Waals surface area contributed by atoms with Crippen LogP contribution in [0.15, 0.2) is 22.7 Å². The van der Waals surface area contributed by atoms with E-state index < -0.39 is 0 Å². The summed E-state index contributed by atoms with van der Waals surface area (Å²) in [5.74, 6) is -0.163. The molecular weight excluding hydrogens is 319 g/mol. The SMILES string of the molecule is CCC1CN2CCCCC2CN1c1ccc(Br)c(F)c1. The zero-order valence-electron chi connectivity index (χ0n) is 12.0. The molecule has 1 aromatic rings. The van der Waals surface area contributed by atoms with E-state index in [1.54, 1.807) is 6.07 Å². The Morgan fingerprint density at radius 1 is 1.30 bits per heavy atom. The lowest BCUT2D eigenvalue weighted by atomic mass is 9.95. The fourth-order valence-electron chi connectivity index (χ4n) is 3.58. The smallest absolute Gasteiger partial charge is 0.139 e. The molecule has 20 heavy (non-hydrogen) atoms. The van der Waals surface area contributed by atoms with Crippen molar-refractivity contribution in [1.29, 1.82) is 0 Å². The van der Waals surface area contributed by atoms with Crippen LogP contribution in [0.5, 0.6) is 0 Å². The lowest BCUT2D eigenvalue weighted by Gasteiger charge is -2.49. The van der Waals surface area contributed by atoms with Gasteiger partial charge in [0, 0.05) is 30.9 Å². The van der Waals surface area contributed by atoms with E-state index in [2.05, 4.69) is 32.7 Å². The summed E-state index contributed by atoms with van der Waals surface area (Å²) in [5.41, 5.74) is 1.03. The minimum atomic E-state index is -0.163. The molecule has 2 aliphatic heterocycles. The second-order valence-electron chi connectivity index (χ2n) is 5.96. The number of anilines is 1. The van der Waals surface area contributed by atoms with Gasteiger partial charge in [-0.05, 0) is 59.9 Å². The van der Waals surface area contributed by atoms with E-state index in [0.717, 1.165) is 25.2 Å². The van der Waals surface area contributed by atoms with Gasteiger partial charge in [-0.3, -0.25) is 4.90 Å². The molecule has 2 saturated heterocycles. The Kier molecular flexibility index (Phi) is 4.32. The van der Waals surface area contributed by atoms with Gasteiger partial charge in [-0.2, -0.15) is 0 Å². The maximum Gasteiger partial charge on any atom is 0.139 e. The molecule has 2 atom stereocenters. The number of benzene rings is 1. The maximum atomic E-state index is 13.8. The first-order chi connectivity index (χ1) is 9.69. The van der Waals surface area contributed by atoms with Crippen LogP contribution in [0.1, 0.15) is 32.6 Å². The number of hydrogen-bond donors (Lipinski definition) is 0. The summed E-state index contributed by atoms with van der Waals surface area (Å²) >= 11 is 3.24. The molecule has 3 rings (SSSR count). The van der Waals surface area contributed by atoms with Crippen LogP contribution in [0.2, 0.25) is 0 Å². The number of halogens is 2. The largest absolute Gasteiger partial charge is 0.366 e. The quantitative estimate of drug-likeness (QED) is 0.801.